The number of pyridine rings is 1. The van der Waals surface area contributed by atoms with E-state index in [1.807, 2.05) is 43.6 Å². The van der Waals surface area contributed by atoms with Crippen LogP contribution in [0.15, 0.2) is 48.8 Å². The predicted octanol–water partition coefficient (Wildman–Crippen LogP) is 2.55. The molecule has 0 saturated heterocycles. The predicted molar refractivity (Wildman–Crippen MR) is 69.3 cm³/mol. The van der Waals surface area contributed by atoms with Gasteiger partial charge in [0.1, 0.15) is 6.61 Å². The molecule has 0 spiro atoms. The summed E-state index contributed by atoms with van der Waals surface area (Å²) in [7, 11) is 1.86. The molecule has 4 heteroatoms. The smallest absolute Gasteiger partial charge is 0.157 e. The van der Waals surface area contributed by atoms with E-state index in [9.17, 15) is 0 Å². The summed E-state index contributed by atoms with van der Waals surface area (Å²) < 4.78 is 7.33. The molecule has 0 aliphatic heterocycles. The fraction of sp³-hybridized carbons (Fsp3) is 0.143. The van der Waals surface area contributed by atoms with Crippen LogP contribution >= 0.6 is 0 Å². The van der Waals surface area contributed by atoms with Crippen LogP contribution in [0.2, 0.25) is 0 Å². The Kier molecular flexibility index (Phi) is 2.68. The van der Waals surface area contributed by atoms with Crippen molar-refractivity contribution in [2.75, 3.05) is 0 Å². The minimum Gasteiger partial charge on any atom is -0.484 e. The van der Waals surface area contributed by atoms with Crippen LogP contribution in [0.5, 0.6) is 5.75 Å². The standard InChI is InChI=1S/C14H13N3O/c1-17-9-13(8-15-17)18-10-12-7-6-11-4-2-3-5-14(11)16-12/h2-9H,10H2,1H3. The van der Waals surface area contributed by atoms with Crippen LogP contribution in [-0.2, 0) is 13.7 Å². The second kappa shape index (κ2) is 4.49. The van der Waals surface area contributed by atoms with Crippen molar-refractivity contribution in [2.45, 2.75) is 6.61 Å². The maximum absolute atomic E-state index is 5.62. The fourth-order valence-electron chi connectivity index (χ4n) is 1.82. The molecular formula is C14H13N3O. The van der Waals surface area contributed by atoms with Gasteiger partial charge in [-0.25, -0.2) is 4.98 Å². The van der Waals surface area contributed by atoms with Gasteiger partial charge in [-0.15, -0.1) is 0 Å². The molecule has 0 radical (unpaired) electrons. The van der Waals surface area contributed by atoms with E-state index in [-0.39, 0.29) is 0 Å². The van der Waals surface area contributed by atoms with Gasteiger partial charge in [0.2, 0.25) is 0 Å². The van der Waals surface area contributed by atoms with Gasteiger partial charge < -0.3 is 4.74 Å². The molecule has 0 atom stereocenters. The first-order chi connectivity index (χ1) is 8.81. The van der Waals surface area contributed by atoms with Gasteiger partial charge in [0, 0.05) is 12.4 Å². The number of benzene rings is 1. The van der Waals surface area contributed by atoms with Crippen LogP contribution in [0.1, 0.15) is 5.69 Å². The Labute approximate surface area is 105 Å². The monoisotopic (exact) mass is 239 g/mol. The lowest BCUT2D eigenvalue weighted by molar-refractivity contribution is 0.301. The van der Waals surface area contributed by atoms with E-state index in [0.717, 1.165) is 22.3 Å². The molecule has 0 aliphatic rings. The molecule has 4 nitrogen and oxygen atoms in total. The Morgan fingerprint density at radius 2 is 2.06 bits per heavy atom. The maximum Gasteiger partial charge on any atom is 0.157 e. The molecule has 1 aromatic carbocycles. The van der Waals surface area contributed by atoms with E-state index in [2.05, 4.69) is 16.1 Å². The summed E-state index contributed by atoms with van der Waals surface area (Å²) >= 11 is 0. The molecule has 0 fully saturated rings. The van der Waals surface area contributed by atoms with Gasteiger partial charge in [-0.3, -0.25) is 4.68 Å². The summed E-state index contributed by atoms with van der Waals surface area (Å²) in [6.07, 6.45) is 3.53. The highest BCUT2D eigenvalue weighted by Gasteiger charge is 2.00. The minimum absolute atomic E-state index is 0.455. The minimum atomic E-state index is 0.455. The summed E-state index contributed by atoms with van der Waals surface area (Å²) in [4.78, 5) is 4.54. The summed E-state index contributed by atoms with van der Waals surface area (Å²) in [6.45, 7) is 0.455. The van der Waals surface area contributed by atoms with Gasteiger partial charge in [0.25, 0.3) is 0 Å². The Hall–Kier alpha value is -2.36. The van der Waals surface area contributed by atoms with Gasteiger partial charge >= 0.3 is 0 Å². The normalized spacial score (nSPS) is 10.7. The largest absolute Gasteiger partial charge is 0.484 e. The van der Waals surface area contributed by atoms with E-state index in [4.69, 9.17) is 4.74 Å². The van der Waals surface area contributed by atoms with Gasteiger partial charge in [-0.1, -0.05) is 24.3 Å². The number of rotatable bonds is 3. The molecule has 2 heterocycles. The third kappa shape index (κ3) is 2.18. The zero-order valence-electron chi connectivity index (χ0n) is 10.1. The average Bonchev–Trinajstić information content (AvgIpc) is 2.82. The molecule has 2 aromatic heterocycles. The van der Waals surface area contributed by atoms with Crippen molar-refractivity contribution in [3.63, 3.8) is 0 Å². The molecular weight excluding hydrogens is 226 g/mol. The van der Waals surface area contributed by atoms with Crippen LogP contribution < -0.4 is 4.74 Å². The fourth-order valence-corrected chi connectivity index (χ4v) is 1.82. The third-order valence-electron chi connectivity index (χ3n) is 2.72. The van der Waals surface area contributed by atoms with Gasteiger partial charge in [0.15, 0.2) is 5.75 Å². The van der Waals surface area contributed by atoms with Crippen molar-refractivity contribution in [1.82, 2.24) is 14.8 Å². The molecule has 0 unspecified atom stereocenters. The summed E-state index contributed by atoms with van der Waals surface area (Å²) in [5.74, 6) is 0.757. The number of ether oxygens (including phenoxy) is 1. The van der Waals surface area contributed by atoms with Crippen molar-refractivity contribution < 1.29 is 4.74 Å². The maximum atomic E-state index is 5.62. The van der Waals surface area contributed by atoms with E-state index in [1.54, 1.807) is 10.9 Å². The molecule has 3 aromatic rings. The highest BCUT2D eigenvalue weighted by Crippen LogP contribution is 2.14. The topological polar surface area (TPSA) is 39.9 Å². The van der Waals surface area contributed by atoms with E-state index < -0.39 is 0 Å². The van der Waals surface area contributed by atoms with Gasteiger partial charge in [0.05, 0.1) is 23.6 Å². The summed E-state index contributed by atoms with van der Waals surface area (Å²) in [6, 6.07) is 12.1. The zero-order chi connectivity index (χ0) is 12.4. The Morgan fingerprint density at radius 1 is 1.17 bits per heavy atom. The van der Waals surface area contributed by atoms with Crippen LogP contribution in [0.25, 0.3) is 10.9 Å². The van der Waals surface area contributed by atoms with Crippen molar-refractivity contribution in [3.8, 4) is 5.75 Å². The number of aryl methyl sites for hydroxylation is 1. The number of aromatic nitrogens is 3. The average molecular weight is 239 g/mol. The van der Waals surface area contributed by atoms with Crippen LogP contribution in [0, 0.1) is 0 Å². The molecule has 0 bridgehead atoms. The van der Waals surface area contributed by atoms with Crippen molar-refractivity contribution in [3.05, 3.63) is 54.5 Å². The third-order valence-corrected chi connectivity index (χ3v) is 2.72. The highest BCUT2D eigenvalue weighted by atomic mass is 16.5. The Bertz CT molecular complexity index is 675. The second-order valence-electron chi connectivity index (χ2n) is 4.13. The van der Waals surface area contributed by atoms with Crippen LogP contribution in [0.3, 0.4) is 0 Å². The SMILES string of the molecule is Cn1cc(OCc2ccc3ccccc3n2)cn1. The second-order valence-corrected chi connectivity index (χ2v) is 4.13. The Balaban J connectivity index is 1.78. The highest BCUT2D eigenvalue weighted by molar-refractivity contribution is 5.78. The van der Waals surface area contributed by atoms with Crippen molar-refractivity contribution >= 4 is 10.9 Å². The number of hydrogen-bond acceptors (Lipinski definition) is 3. The first-order valence-electron chi connectivity index (χ1n) is 5.77. The molecule has 18 heavy (non-hydrogen) atoms. The zero-order valence-corrected chi connectivity index (χ0v) is 10.1. The van der Waals surface area contributed by atoms with Gasteiger partial charge in [-0.05, 0) is 12.1 Å². The van der Waals surface area contributed by atoms with Crippen LogP contribution in [0.4, 0.5) is 0 Å². The molecule has 0 aliphatic carbocycles. The van der Waals surface area contributed by atoms with Gasteiger partial charge in [-0.2, -0.15) is 5.10 Å². The lowest BCUT2D eigenvalue weighted by atomic mass is 10.2. The van der Waals surface area contributed by atoms with Crippen molar-refractivity contribution in [1.29, 1.82) is 0 Å². The first kappa shape index (κ1) is 10.8. The molecule has 0 amide bonds. The lowest BCUT2D eigenvalue weighted by Crippen LogP contribution is -1.97. The number of nitrogens with zero attached hydrogens (tertiary/aromatic N) is 3. The van der Waals surface area contributed by atoms with E-state index in [1.165, 1.54) is 0 Å². The van der Waals surface area contributed by atoms with E-state index >= 15 is 0 Å². The number of fused-ring (bicyclic) bond motifs is 1. The van der Waals surface area contributed by atoms with Crippen molar-refractivity contribution in [2.24, 2.45) is 7.05 Å². The van der Waals surface area contributed by atoms with Crippen LogP contribution in [-0.4, -0.2) is 14.8 Å². The number of hydrogen-bond donors (Lipinski definition) is 0. The molecule has 3 rings (SSSR count). The molecule has 0 saturated carbocycles. The molecule has 90 valence electrons. The van der Waals surface area contributed by atoms with E-state index in [0.29, 0.717) is 6.61 Å². The Morgan fingerprint density at radius 3 is 2.89 bits per heavy atom. The summed E-state index contributed by atoms with van der Waals surface area (Å²) in [5, 5.41) is 5.19. The number of para-hydroxylation sites is 1. The summed E-state index contributed by atoms with van der Waals surface area (Å²) in [5.41, 5.74) is 1.90. The first-order valence-corrected chi connectivity index (χ1v) is 5.77. The lowest BCUT2D eigenvalue weighted by Gasteiger charge is -2.04. The molecule has 0 N–H and O–H groups in total. The quantitative estimate of drug-likeness (QED) is 0.705.